The number of rotatable bonds is 8. The second kappa shape index (κ2) is 13.9. The summed E-state index contributed by atoms with van der Waals surface area (Å²) in [6.07, 6.45) is 0.955. The van der Waals surface area contributed by atoms with Crippen LogP contribution in [0.1, 0.15) is 44.1 Å². The van der Waals surface area contributed by atoms with Crippen LogP contribution in [0.2, 0.25) is 0 Å². The molecule has 10 unspecified atom stereocenters. The zero-order valence-corrected chi connectivity index (χ0v) is 22.8. The quantitative estimate of drug-likeness (QED) is 0.100. The summed E-state index contributed by atoms with van der Waals surface area (Å²) in [7, 11) is 0. The number of unbranched alkanes of at least 4 members (excludes halogenated alkanes) is 4. The molecule has 0 radical (unpaired) electrons. The normalized spacial score (nSPS) is 41.9. The third kappa shape index (κ3) is 7.10. The maximum Gasteiger partial charge on any atom is 0.123 e. The third-order valence-corrected chi connectivity index (χ3v) is 8.58. The van der Waals surface area contributed by atoms with E-state index in [4.69, 9.17) is 6.42 Å². The number of halogens is 1. The van der Waals surface area contributed by atoms with Gasteiger partial charge < -0.3 is 40.9 Å². The standard InChI is InChI=1S/C18H22FNO4.C12H19NO4/c19-12-8-6-11(7-9-12)5-3-1-2-4-10-20-13-14(20)16(22)18(24)17(23)15(13)21;1-2-3-4-5-6-13-7-8(13)10(15)12(17)11(16)9(7)14/h6-9,13-18,21-24H,1-2,4,10H2;1,7-12,14-17H,3-6H2/t13-,14+,15?,16?,17?,18?,20?;7-,8+,9?,10?,11?,12?,13?. The average molecular weight is 577 g/mol. The molecule has 10 nitrogen and oxygen atoms in total. The van der Waals surface area contributed by atoms with Crippen molar-refractivity contribution in [2.75, 3.05) is 13.1 Å². The zero-order chi connectivity index (χ0) is 29.8. The van der Waals surface area contributed by atoms with Crippen molar-refractivity contribution >= 4 is 0 Å². The van der Waals surface area contributed by atoms with Crippen molar-refractivity contribution < 1.29 is 45.2 Å². The van der Waals surface area contributed by atoms with Crippen LogP contribution in [-0.4, -0.2) is 137 Å². The largest absolute Gasteiger partial charge is 0.389 e. The molecule has 14 atom stereocenters. The van der Waals surface area contributed by atoms with E-state index >= 15 is 0 Å². The fourth-order valence-electron chi connectivity index (χ4n) is 6.17. The molecule has 2 saturated heterocycles. The first-order valence-corrected chi connectivity index (χ1v) is 14.2. The summed E-state index contributed by atoms with van der Waals surface area (Å²) in [6, 6.07) is 5.04. The fourth-order valence-corrected chi connectivity index (χ4v) is 6.17. The Morgan fingerprint density at radius 2 is 0.976 bits per heavy atom. The topological polar surface area (TPSA) is 168 Å². The van der Waals surface area contributed by atoms with Crippen molar-refractivity contribution in [3.05, 3.63) is 35.6 Å². The van der Waals surface area contributed by atoms with Gasteiger partial charge in [0.15, 0.2) is 0 Å². The van der Waals surface area contributed by atoms with E-state index in [1.807, 2.05) is 9.80 Å². The molecular weight excluding hydrogens is 535 g/mol. The van der Waals surface area contributed by atoms with E-state index < -0.39 is 48.8 Å². The van der Waals surface area contributed by atoms with E-state index in [2.05, 4.69) is 17.8 Å². The third-order valence-electron chi connectivity index (χ3n) is 8.58. The number of terminal acetylenes is 1. The summed E-state index contributed by atoms with van der Waals surface area (Å²) in [5.41, 5.74) is 0.780. The number of aliphatic hydroxyl groups is 8. The molecule has 5 rings (SSSR count). The van der Waals surface area contributed by atoms with Gasteiger partial charge in [0.05, 0.1) is 48.6 Å². The van der Waals surface area contributed by atoms with Crippen LogP contribution in [-0.2, 0) is 0 Å². The van der Waals surface area contributed by atoms with Crippen molar-refractivity contribution in [3.8, 4) is 24.2 Å². The van der Waals surface area contributed by atoms with Gasteiger partial charge in [0.1, 0.15) is 30.2 Å². The van der Waals surface area contributed by atoms with Gasteiger partial charge in [-0.1, -0.05) is 11.8 Å². The maximum atomic E-state index is 12.8. The average Bonchev–Trinajstić information content (AvgIpc) is 3.88. The highest BCUT2D eigenvalue weighted by Crippen LogP contribution is 2.42. The van der Waals surface area contributed by atoms with Crippen molar-refractivity contribution in [3.63, 3.8) is 0 Å². The Kier molecular flexibility index (Phi) is 10.8. The molecule has 1 aromatic carbocycles. The minimum Gasteiger partial charge on any atom is -0.389 e. The molecule has 2 aliphatic heterocycles. The molecule has 0 amide bonds. The van der Waals surface area contributed by atoms with Gasteiger partial charge in [-0.25, -0.2) is 4.39 Å². The first-order valence-electron chi connectivity index (χ1n) is 14.2. The molecule has 2 heterocycles. The van der Waals surface area contributed by atoms with Crippen LogP contribution in [0.5, 0.6) is 0 Å². The number of hydrogen-bond acceptors (Lipinski definition) is 10. The Morgan fingerprint density at radius 3 is 1.37 bits per heavy atom. The van der Waals surface area contributed by atoms with Crippen LogP contribution >= 0.6 is 0 Å². The monoisotopic (exact) mass is 576 g/mol. The van der Waals surface area contributed by atoms with E-state index in [1.165, 1.54) is 12.1 Å². The summed E-state index contributed by atoms with van der Waals surface area (Å²) in [4.78, 5) is 3.84. The van der Waals surface area contributed by atoms with Crippen molar-refractivity contribution in [2.24, 2.45) is 0 Å². The van der Waals surface area contributed by atoms with Crippen LogP contribution in [0.25, 0.3) is 0 Å². The van der Waals surface area contributed by atoms with Crippen molar-refractivity contribution in [2.45, 2.75) is 112 Å². The van der Waals surface area contributed by atoms with Gasteiger partial charge in [0.25, 0.3) is 0 Å². The van der Waals surface area contributed by atoms with Crippen LogP contribution < -0.4 is 0 Å². The summed E-state index contributed by atoms with van der Waals surface area (Å²) >= 11 is 0. The predicted molar refractivity (Wildman–Crippen MR) is 146 cm³/mol. The van der Waals surface area contributed by atoms with Gasteiger partial charge in [-0.2, -0.15) is 0 Å². The van der Waals surface area contributed by atoms with E-state index in [0.717, 1.165) is 44.2 Å². The van der Waals surface area contributed by atoms with Gasteiger partial charge in [0.2, 0.25) is 0 Å². The molecule has 8 N–H and O–H groups in total. The molecule has 0 aromatic heterocycles. The minimum atomic E-state index is -1.30. The number of nitrogens with zero attached hydrogens (tertiary/aromatic N) is 2. The second-order valence-electron chi connectivity index (χ2n) is 11.3. The van der Waals surface area contributed by atoms with Gasteiger partial charge in [0, 0.05) is 18.4 Å². The number of fused-ring (bicyclic) bond motifs is 2. The first kappa shape index (κ1) is 31.8. The van der Waals surface area contributed by atoms with Crippen molar-refractivity contribution in [1.82, 2.24) is 9.80 Å². The van der Waals surface area contributed by atoms with Crippen LogP contribution in [0, 0.1) is 30.0 Å². The predicted octanol–water partition coefficient (Wildman–Crippen LogP) is -1.84. The Labute approximate surface area is 239 Å². The molecule has 41 heavy (non-hydrogen) atoms. The van der Waals surface area contributed by atoms with E-state index in [1.54, 1.807) is 12.1 Å². The smallest absolute Gasteiger partial charge is 0.123 e. The lowest BCUT2D eigenvalue weighted by atomic mass is 9.90. The van der Waals surface area contributed by atoms with Crippen molar-refractivity contribution in [1.29, 1.82) is 0 Å². The number of hydrogen-bond donors (Lipinski definition) is 8. The summed E-state index contributed by atoms with van der Waals surface area (Å²) < 4.78 is 12.8. The van der Waals surface area contributed by atoms with E-state index in [-0.39, 0.29) is 30.0 Å². The molecule has 4 aliphatic rings. The summed E-state index contributed by atoms with van der Waals surface area (Å²) in [6.45, 7) is 1.41. The molecule has 0 spiro atoms. The first-order chi connectivity index (χ1) is 19.6. The molecule has 1 aromatic rings. The lowest BCUT2D eigenvalue weighted by Crippen LogP contribution is -2.53. The van der Waals surface area contributed by atoms with Gasteiger partial charge in [-0.3, -0.25) is 9.80 Å². The SMILES string of the molecule is C#CCCCCN1[C@@H]2C(O)C(O)C(O)C(O)[C@@H]21.OC1C(O)C(O)[C@H]2[C@@H](C1O)N2CCCCC#Cc1ccc(F)cc1. The molecule has 4 fully saturated rings. The Morgan fingerprint density at radius 1 is 0.585 bits per heavy atom. The highest BCUT2D eigenvalue weighted by molar-refractivity contribution is 5.33. The fraction of sp³-hybridized carbons (Fsp3) is 0.667. The number of aliphatic hydroxyl groups excluding tert-OH is 8. The molecular formula is C30H41FN2O8. The molecule has 226 valence electrons. The van der Waals surface area contributed by atoms with Crippen LogP contribution in [0.3, 0.4) is 0 Å². The number of benzene rings is 1. The highest BCUT2D eigenvalue weighted by atomic mass is 19.1. The zero-order valence-electron chi connectivity index (χ0n) is 22.8. The highest BCUT2D eigenvalue weighted by Gasteiger charge is 2.64. The Hall–Kier alpha value is -2.13. The van der Waals surface area contributed by atoms with Crippen LogP contribution in [0.4, 0.5) is 4.39 Å². The summed E-state index contributed by atoms with van der Waals surface area (Å²) in [5.74, 6) is 8.30. The van der Waals surface area contributed by atoms with E-state index in [9.17, 15) is 45.2 Å². The van der Waals surface area contributed by atoms with Gasteiger partial charge in [-0.15, -0.1) is 12.3 Å². The number of likely N-dealkylation sites (tertiary alicyclic amines) is 2. The Balaban J connectivity index is 0.000000201. The second-order valence-corrected chi connectivity index (χ2v) is 11.3. The molecule has 0 bridgehead atoms. The lowest BCUT2D eigenvalue weighted by molar-refractivity contribution is -0.121. The van der Waals surface area contributed by atoms with E-state index in [0.29, 0.717) is 13.0 Å². The van der Waals surface area contributed by atoms with Crippen LogP contribution in [0.15, 0.2) is 24.3 Å². The van der Waals surface area contributed by atoms with Gasteiger partial charge >= 0.3 is 0 Å². The molecule has 2 aliphatic carbocycles. The lowest BCUT2D eigenvalue weighted by Gasteiger charge is -2.30. The summed E-state index contributed by atoms with van der Waals surface area (Å²) in [5, 5.41) is 77.7. The van der Waals surface area contributed by atoms with Gasteiger partial charge in [-0.05, 0) is 63.0 Å². The Bertz CT molecular complexity index is 1070. The molecule has 11 heteroatoms. The maximum absolute atomic E-state index is 12.8. The minimum absolute atomic E-state index is 0.228. The molecule has 2 saturated carbocycles.